The normalized spacial score (nSPS) is 19.0. The first-order chi connectivity index (χ1) is 9.65. The first-order valence-electron chi connectivity index (χ1n) is 6.70. The molecule has 0 aliphatic carbocycles. The Hall–Kier alpha value is -1.67. The topological polar surface area (TPSA) is 99.7 Å². The number of aliphatic hydroxyl groups excluding tert-OH is 1. The van der Waals surface area contributed by atoms with E-state index in [0.29, 0.717) is 18.7 Å². The van der Waals surface area contributed by atoms with E-state index in [1.807, 2.05) is 0 Å². The number of hydrogen-bond donors (Lipinski definition) is 1. The third-order valence-corrected chi connectivity index (χ3v) is 3.29. The Kier molecular flexibility index (Phi) is 4.91. The van der Waals surface area contributed by atoms with Gasteiger partial charge in [0.05, 0.1) is 24.2 Å². The molecule has 8 nitrogen and oxygen atoms in total. The summed E-state index contributed by atoms with van der Waals surface area (Å²) in [5.41, 5.74) is 0.373. The second-order valence-corrected chi connectivity index (χ2v) is 4.74. The summed E-state index contributed by atoms with van der Waals surface area (Å²) in [5.74, 6) is 0.0199. The lowest BCUT2D eigenvalue weighted by Crippen LogP contribution is -2.23. The molecule has 0 bridgehead atoms. The average molecular weight is 285 g/mol. The molecule has 0 saturated carbocycles. The lowest BCUT2D eigenvalue weighted by molar-refractivity contribution is -0.386. The molecule has 0 spiro atoms. The molecule has 1 aliphatic rings. The largest absolute Gasteiger partial charge is 0.472 e. The Balaban J connectivity index is 2.23. The SMILES string of the molecule is Cc1c([N+](=O)[O-])c(OCCCO)nn1C1CCCOC1. The molecule has 1 saturated heterocycles. The van der Waals surface area contributed by atoms with Crippen molar-refractivity contribution in [2.24, 2.45) is 0 Å². The fraction of sp³-hybridized carbons (Fsp3) is 0.750. The number of nitrogens with zero attached hydrogens (tertiary/aromatic N) is 3. The Labute approximate surface area is 116 Å². The third kappa shape index (κ3) is 3.07. The van der Waals surface area contributed by atoms with E-state index in [1.165, 1.54) is 0 Å². The Bertz CT molecular complexity index is 468. The molecule has 20 heavy (non-hydrogen) atoms. The fourth-order valence-corrected chi connectivity index (χ4v) is 2.30. The molecule has 112 valence electrons. The molecule has 1 aromatic heterocycles. The molecule has 8 heteroatoms. The van der Waals surface area contributed by atoms with Crippen LogP contribution in [0.5, 0.6) is 5.88 Å². The lowest BCUT2D eigenvalue weighted by atomic mass is 10.1. The van der Waals surface area contributed by atoms with Crippen LogP contribution in [0.2, 0.25) is 0 Å². The van der Waals surface area contributed by atoms with Crippen molar-refractivity contribution in [2.75, 3.05) is 26.4 Å². The van der Waals surface area contributed by atoms with Gasteiger partial charge < -0.3 is 14.6 Å². The number of aliphatic hydroxyl groups is 1. The van der Waals surface area contributed by atoms with E-state index < -0.39 is 4.92 Å². The summed E-state index contributed by atoms with van der Waals surface area (Å²) in [4.78, 5) is 10.7. The molecule has 1 aliphatic heterocycles. The summed E-state index contributed by atoms with van der Waals surface area (Å²) < 4.78 is 12.3. The Morgan fingerprint density at radius 3 is 3.05 bits per heavy atom. The van der Waals surface area contributed by atoms with Gasteiger partial charge in [0.15, 0.2) is 0 Å². The second-order valence-electron chi connectivity index (χ2n) is 4.74. The van der Waals surface area contributed by atoms with E-state index in [0.717, 1.165) is 19.4 Å². The highest BCUT2D eigenvalue weighted by molar-refractivity contribution is 5.45. The van der Waals surface area contributed by atoms with E-state index in [4.69, 9.17) is 14.6 Å². The minimum Gasteiger partial charge on any atom is -0.472 e. The van der Waals surface area contributed by atoms with Gasteiger partial charge in [-0.15, -0.1) is 5.10 Å². The summed E-state index contributed by atoms with van der Waals surface area (Å²) in [6, 6.07) is 0.0117. The van der Waals surface area contributed by atoms with Crippen molar-refractivity contribution in [1.29, 1.82) is 0 Å². The number of rotatable bonds is 6. The van der Waals surface area contributed by atoms with Crippen molar-refractivity contribution in [3.05, 3.63) is 15.8 Å². The molecule has 1 N–H and O–H groups in total. The minimum absolute atomic E-state index is 0.0117. The third-order valence-electron chi connectivity index (χ3n) is 3.29. The molecule has 2 rings (SSSR count). The monoisotopic (exact) mass is 285 g/mol. The smallest absolute Gasteiger partial charge is 0.352 e. The zero-order valence-corrected chi connectivity index (χ0v) is 11.4. The zero-order valence-electron chi connectivity index (χ0n) is 11.4. The van der Waals surface area contributed by atoms with Crippen LogP contribution in [-0.4, -0.2) is 46.2 Å². The van der Waals surface area contributed by atoms with Crippen molar-refractivity contribution in [2.45, 2.75) is 32.2 Å². The first kappa shape index (κ1) is 14.7. The van der Waals surface area contributed by atoms with Crippen LogP contribution in [0.1, 0.15) is 31.0 Å². The van der Waals surface area contributed by atoms with Crippen molar-refractivity contribution in [3.8, 4) is 5.88 Å². The van der Waals surface area contributed by atoms with Crippen LogP contribution >= 0.6 is 0 Å². The van der Waals surface area contributed by atoms with Gasteiger partial charge in [-0.05, 0) is 19.8 Å². The predicted molar refractivity (Wildman–Crippen MR) is 69.9 cm³/mol. The van der Waals surface area contributed by atoms with Gasteiger partial charge in [0.2, 0.25) is 0 Å². The molecule has 1 aromatic rings. The minimum atomic E-state index is -0.475. The molecule has 1 fully saturated rings. The quantitative estimate of drug-likeness (QED) is 0.479. The molecule has 0 amide bonds. The second kappa shape index (κ2) is 6.67. The predicted octanol–water partition coefficient (Wildman–Crippen LogP) is 1.21. The Morgan fingerprint density at radius 1 is 1.65 bits per heavy atom. The van der Waals surface area contributed by atoms with E-state index in [1.54, 1.807) is 11.6 Å². The number of aromatic nitrogens is 2. The van der Waals surface area contributed by atoms with Crippen LogP contribution in [0.3, 0.4) is 0 Å². The van der Waals surface area contributed by atoms with Gasteiger partial charge in [0.1, 0.15) is 5.69 Å². The molecule has 1 unspecified atom stereocenters. The Morgan fingerprint density at radius 2 is 2.45 bits per heavy atom. The first-order valence-corrected chi connectivity index (χ1v) is 6.70. The summed E-state index contributed by atoms with van der Waals surface area (Å²) in [5, 5.41) is 24.1. The van der Waals surface area contributed by atoms with E-state index >= 15 is 0 Å². The highest BCUT2D eigenvalue weighted by Crippen LogP contribution is 2.33. The van der Waals surface area contributed by atoms with Gasteiger partial charge in [-0.2, -0.15) is 0 Å². The molecule has 0 radical (unpaired) electrons. The van der Waals surface area contributed by atoms with Crippen LogP contribution in [-0.2, 0) is 4.74 Å². The van der Waals surface area contributed by atoms with Gasteiger partial charge in [0, 0.05) is 19.6 Å². The molecular formula is C12H19N3O5. The van der Waals surface area contributed by atoms with Crippen LogP contribution in [0.15, 0.2) is 0 Å². The summed E-state index contributed by atoms with van der Waals surface area (Å²) in [6.45, 7) is 3.08. The van der Waals surface area contributed by atoms with Gasteiger partial charge in [0.25, 0.3) is 0 Å². The highest BCUT2D eigenvalue weighted by Gasteiger charge is 2.30. The maximum atomic E-state index is 11.2. The lowest BCUT2D eigenvalue weighted by Gasteiger charge is -2.22. The number of ether oxygens (including phenoxy) is 2. The van der Waals surface area contributed by atoms with Gasteiger partial charge >= 0.3 is 11.6 Å². The fourth-order valence-electron chi connectivity index (χ4n) is 2.30. The van der Waals surface area contributed by atoms with Crippen molar-refractivity contribution < 1.29 is 19.5 Å². The molecule has 1 atom stereocenters. The van der Waals surface area contributed by atoms with E-state index in [-0.39, 0.29) is 30.8 Å². The molecular weight excluding hydrogens is 266 g/mol. The summed E-state index contributed by atoms with van der Waals surface area (Å²) in [7, 11) is 0. The standard InChI is InChI=1S/C12H19N3O5/c1-9-11(15(17)18)12(20-7-3-5-16)13-14(9)10-4-2-6-19-8-10/h10,16H,2-8H2,1H3. The summed E-state index contributed by atoms with van der Waals surface area (Å²) >= 11 is 0. The van der Waals surface area contributed by atoms with Crippen molar-refractivity contribution >= 4 is 5.69 Å². The zero-order chi connectivity index (χ0) is 14.5. The van der Waals surface area contributed by atoms with Crippen molar-refractivity contribution in [1.82, 2.24) is 9.78 Å². The maximum Gasteiger partial charge on any atom is 0.352 e. The maximum absolute atomic E-state index is 11.2. The summed E-state index contributed by atoms with van der Waals surface area (Å²) in [6.07, 6.45) is 2.21. The molecule has 0 aromatic carbocycles. The highest BCUT2D eigenvalue weighted by atomic mass is 16.6. The van der Waals surface area contributed by atoms with Gasteiger partial charge in [-0.25, -0.2) is 0 Å². The van der Waals surface area contributed by atoms with E-state index in [9.17, 15) is 10.1 Å². The number of hydrogen-bond acceptors (Lipinski definition) is 6. The average Bonchev–Trinajstić information content (AvgIpc) is 2.77. The van der Waals surface area contributed by atoms with Crippen LogP contribution < -0.4 is 4.74 Å². The van der Waals surface area contributed by atoms with Gasteiger partial charge in [-0.1, -0.05) is 0 Å². The number of nitro groups is 1. The van der Waals surface area contributed by atoms with Gasteiger partial charge in [-0.3, -0.25) is 14.8 Å². The van der Waals surface area contributed by atoms with Crippen molar-refractivity contribution in [3.63, 3.8) is 0 Å². The van der Waals surface area contributed by atoms with Crippen LogP contribution in [0.4, 0.5) is 5.69 Å². The van der Waals surface area contributed by atoms with E-state index in [2.05, 4.69) is 5.10 Å². The van der Waals surface area contributed by atoms with Crippen LogP contribution in [0.25, 0.3) is 0 Å². The van der Waals surface area contributed by atoms with Crippen LogP contribution in [0, 0.1) is 17.0 Å². The molecule has 2 heterocycles.